The molecule has 0 unspecified atom stereocenters. The maximum absolute atomic E-state index is 14.0. The van der Waals surface area contributed by atoms with Crippen LogP contribution in [-0.4, -0.2) is 92.5 Å². The molecule has 3 aliphatic rings. The van der Waals surface area contributed by atoms with Crippen LogP contribution in [0.4, 0.5) is 0 Å². The van der Waals surface area contributed by atoms with Crippen molar-refractivity contribution in [1.29, 1.82) is 0 Å². The average molecular weight is 588 g/mol. The summed E-state index contributed by atoms with van der Waals surface area (Å²) < 4.78 is 1.63. The van der Waals surface area contributed by atoms with Crippen molar-refractivity contribution in [3.63, 3.8) is 0 Å². The summed E-state index contributed by atoms with van der Waals surface area (Å²) in [6, 6.07) is -3.86. The topological polar surface area (TPSA) is 192 Å². The fourth-order valence-electron chi connectivity index (χ4n) is 5.45. The standard InChI is InChI=1S/C28H41N7O7/c1-16(2)35-14-18(13-30-35)25(38)32-20-8-3-4-11-29-23(36)10-9-21(28(41)42)33-26(39)22-12-19(15-34(22)27(20)40)31-24(37)17-6-5-7-17/h13-14,16-17,19-22H,3-12,15H2,1-2H3,(H,29,36)(H,31,37)(H,32,38)(H,33,39)(H,41,42)/t19-,20+,21+,22+/m1/s1. The number of carboxylic acids is 1. The van der Waals surface area contributed by atoms with Gasteiger partial charge in [0, 0.05) is 43.7 Å². The number of carbonyl (C=O) groups excluding carboxylic acids is 5. The molecule has 5 amide bonds. The largest absolute Gasteiger partial charge is 0.480 e. The molecule has 5 N–H and O–H groups in total. The number of nitrogens with zero attached hydrogens (tertiary/aromatic N) is 3. The van der Waals surface area contributed by atoms with E-state index >= 15 is 0 Å². The minimum absolute atomic E-state index is 0.0346. The molecular weight excluding hydrogens is 546 g/mol. The zero-order valence-corrected chi connectivity index (χ0v) is 24.1. The normalized spacial score (nSPS) is 26.3. The van der Waals surface area contributed by atoms with E-state index in [1.54, 1.807) is 10.9 Å². The summed E-state index contributed by atoms with van der Waals surface area (Å²) in [5, 5.41) is 24.9. The van der Waals surface area contributed by atoms with E-state index in [9.17, 15) is 33.9 Å². The van der Waals surface area contributed by atoms with Crippen molar-refractivity contribution in [2.24, 2.45) is 5.92 Å². The van der Waals surface area contributed by atoms with E-state index in [1.807, 2.05) is 13.8 Å². The highest BCUT2D eigenvalue weighted by Gasteiger charge is 2.44. The number of fused-ring (bicyclic) bond motifs is 1. The van der Waals surface area contributed by atoms with Gasteiger partial charge in [0.25, 0.3) is 5.91 Å². The lowest BCUT2D eigenvalue weighted by Crippen LogP contribution is -2.55. The number of aromatic nitrogens is 2. The number of hydrogen-bond acceptors (Lipinski definition) is 7. The van der Waals surface area contributed by atoms with Gasteiger partial charge in [-0.05, 0) is 58.8 Å². The number of rotatable bonds is 6. The number of aliphatic carboxylic acids is 1. The van der Waals surface area contributed by atoms with Crippen LogP contribution in [0.5, 0.6) is 0 Å². The quantitative estimate of drug-likeness (QED) is 0.309. The number of carbonyl (C=O) groups is 6. The van der Waals surface area contributed by atoms with Crippen LogP contribution >= 0.6 is 0 Å². The van der Waals surface area contributed by atoms with Crippen LogP contribution < -0.4 is 21.3 Å². The second kappa shape index (κ2) is 13.8. The summed E-state index contributed by atoms with van der Waals surface area (Å²) in [6.45, 7) is 4.21. The van der Waals surface area contributed by atoms with Gasteiger partial charge in [0.1, 0.15) is 18.1 Å². The van der Waals surface area contributed by atoms with Gasteiger partial charge in [-0.3, -0.25) is 28.7 Å². The van der Waals surface area contributed by atoms with Crippen LogP contribution in [0.15, 0.2) is 12.4 Å². The van der Waals surface area contributed by atoms with Crippen LogP contribution in [0.2, 0.25) is 0 Å². The number of hydrogen-bond donors (Lipinski definition) is 5. The predicted octanol–water partition coefficient (Wildman–Crippen LogP) is 0.0979. The van der Waals surface area contributed by atoms with Crippen LogP contribution in [-0.2, 0) is 24.0 Å². The Balaban J connectivity index is 1.58. The molecule has 42 heavy (non-hydrogen) atoms. The second-order valence-corrected chi connectivity index (χ2v) is 11.7. The Labute approximate surface area is 244 Å². The van der Waals surface area contributed by atoms with E-state index in [1.165, 1.54) is 11.1 Å². The van der Waals surface area contributed by atoms with E-state index in [2.05, 4.69) is 26.4 Å². The van der Waals surface area contributed by atoms with Gasteiger partial charge in [0.05, 0.1) is 11.8 Å². The predicted molar refractivity (Wildman–Crippen MR) is 149 cm³/mol. The summed E-state index contributed by atoms with van der Waals surface area (Å²) in [5.41, 5.74) is 0.283. The Morgan fingerprint density at radius 1 is 1.05 bits per heavy atom. The molecule has 2 aliphatic heterocycles. The molecule has 230 valence electrons. The highest BCUT2D eigenvalue weighted by Crippen LogP contribution is 2.28. The van der Waals surface area contributed by atoms with Gasteiger partial charge in [-0.1, -0.05) is 6.42 Å². The fourth-order valence-corrected chi connectivity index (χ4v) is 5.45. The molecular formula is C28H41N7O7. The highest BCUT2D eigenvalue weighted by molar-refractivity contribution is 5.98. The molecule has 0 spiro atoms. The lowest BCUT2D eigenvalue weighted by Gasteiger charge is -2.29. The van der Waals surface area contributed by atoms with Gasteiger partial charge in [-0.25, -0.2) is 4.79 Å². The maximum atomic E-state index is 14.0. The molecule has 3 fully saturated rings. The maximum Gasteiger partial charge on any atom is 0.326 e. The molecule has 4 atom stereocenters. The zero-order chi connectivity index (χ0) is 30.4. The molecule has 1 saturated carbocycles. The van der Waals surface area contributed by atoms with E-state index in [4.69, 9.17) is 0 Å². The van der Waals surface area contributed by atoms with Crippen LogP contribution in [0.1, 0.15) is 88.0 Å². The molecule has 0 aromatic carbocycles. The van der Waals surface area contributed by atoms with Crippen molar-refractivity contribution < 1.29 is 33.9 Å². The average Bonchev–Trinajstić information content (AvgIpc) is 3.56. The smallest absolute Gasteiger partial charge is 0.326 e. The summed E-state index contributed by atoms with van der Waals surface area (Å²) in [6.07, 6.45) is 6.75. The van der Waals surface area contributed by atoms with Crippen molar-refractivity contribution in [2.45, 2.75) is 102 Å². The summed E-state index contributed by atoms with van der Waals surface area (Å²) in [4.78, 5) is 78.8. The van der Waals surface area contributed by atoms with Gasteiger partial charge in [0.2, 0.25) is 23.6 Å². The number of amides is 5. The molecule has 0 radical (unpaired) electrons. The molecule has 4 rings (SSSR count). The van der Waals surface area contributed by atoms with Gasteiger partial charge in [0.15, 0.2) is 0 Å². The Morgan fingerprint density at radius 2 is 1.81 bits per heavy atom. The van der Waals surface area contributed by atoms with Crippen LogP contribution in [0.25, 0.3) is 0 Å². The lowest BCUT2D eigenvalue weighted by atomic mass is 9.84. The molecule has 2 saturated heterocycles. The Morgan fingerprint density at radius 3 is 2.45 bits per heavy atom. The first-order valence-electron chi connectivity index (χ1n) is 14.8. The first kappa shape index (κ1) is 31.0. The Kier molecular flexibility index (Phi) is 10.2. The molecule has 3 heterocycles. The van der Waals surface area contributed by atoms with Gasteiger partial charge < -0.3 is 31.3 Å². The summed E-state index contributed by atoms with van der Waals surface area (Å²) >= 11 is 0. The zero-order valence-electron chi connectivity index (χ0n) is 24.1. The van der Waals surface area contributed by atoms with Crippen molar-refractivity contribution >= 4 is 35.5 Å². The highest BCUT2D eigenvalue weighted by atomic mass is 16.4. The first-order chi connectivity index (χ1) is 20.0. The third-order valence-corrected chi connectivity index (χ3v) is 8.22. The molecule has 1 aliphatic carbocycles. The van der Waals surface area contributed by atoms with Gasteiger partial charge in [-0.15, -0.1) is 0 Å². The van der Waals surface area contributed by atoms with Crippen molar-refractivity contribution in [2.75, 3.05) is 13.1 Å². The summed E-state index contributed by atoms with van der Waals surface area (Å²) in [5.74, 6) is -3.52. The second-order valence-electron chi connectivity index (χ2n) is 11.7. The Bertz CT molecular complexity index is 1190. The third-order valence-electron chi connectivity index (χ3n) is 8.22. The molecule has 1 aromatic rings. The molecule has 0 bridgehead atoms. The van der Waals surface area contributed by atoms with E-state index in [0.29, 0.717) is 19.4 Å². The van der Waals surface area contributed by atoms with E-state index in [-0.39, 0.29) is 61.6 Å². The lowest BCUT2D eigenvalue weighted by molar-refractivity contribution is -0.144. The minimum atomic E-state index is -1.33. The fraction of sp³-hybridized carbons (Fsp3) is 0.679. The Hall–Kier alpha value is -3.97. The third kappa shape index (κ3) is 7.65. The number of carboxylic acid groups (broad SMARTS) is 1. The van der Waals surface area contributed by atoms with E-state index in [0.717, 1.165) is 19.3 Å². The molecule has 14 nitrogen and oxygen atoms in total. The number of nitrogens with one attached hydrogen (secondary N) is 4. The molecule has 1 aromatic heterocycles. The van der Waals surface area contributed by atoms with Crippen LogP contribution in [0.3, 0.4) is 0 Å². The minimum Gasteiger partial charge on any atom is -0.480 e. The SMILES string of the molecule is CC(C)n1cc(C(=O)N[C@H]2CCCCNC(=O)CC[C@@H](C(=O)O)NC(=O)[C@@H]3C[C@@H](NC(=O)C4CCC4)CN3C2=O)cn1. The summed E-state index contributed by atoms with van der Waals surface area (Å²) in [7, 11) is 0. The van der Waals surface area contributed by atoms with E-state index < -0.39 is 47.9 Å². The first-order valence-corrected chi connectivity index (χ1v) is 14.8. The van der Waals surface area contributed by atoms with Crippen LogP contribution in [0, 0.1) is 5.92 Å². The molecule has 14 heteroatoms. The van der Waals surface area contributed by atoms with Gasteiger partial charge >= 0.3 is 5.97 Å². The monoisotopic (exact) mass is 587 g/mol. The van der Waals surface area contributed by atoms with Crippen molar-refractivity contribution in [3.8, 4) is 0 Å². The van der Waals surface area contributed by atoms with Crippen molar-refractivity contribution in [3.05, 3.63) is 18.0 Å². The van der Waals surface area contributed by atoms with Crippen molar-refractivity contribution in [1.82, 2.24) is 35.9 Å². The van der Waals surface area contributed by atoms with Gasteiger partial charge in [-0.2, -0.15) is 5.10 Å².